The molecule has 0 saturated heterocycles. The lowest BCUT2D eigenvalue weighted by atomic mass is 10.2. The first-order valence-electron chi connectivity index (χ1n) is 3.45. The Morgan fingerprint density at radius 3 is 3.08 bits per heavy atom. The summed E-state index contributed by atoms with van der Waals surface area (Å²) in [6.45, 7) is 0. The fraction of sp³-hybridized carbons (Fsp3) is 0.167. The summed E-state index contributed by atoms with van der Waals surface area (Å²) in [6, 6.07) is -1.16. The van der Waals surface area contributed by atoms with E-state index in [4.69, 9.17) is 0 Å². The summed E-state index contributed by atoms with van der Waals surface area (Å²) < 4.78 is 0. The molecule has 0 fully saturated rings. The molecule has 1 aliphatic rings. The van der Waals surface area contributed by atoms with Gasteiger partial charge in [-0.15, -0.1) is 0 Å². The van der Waals surface area contributed by atoms with Gasteiger partial charge in [0.05, 0.1) is 12.5 Å². The molecule has 1 N–H and O–H groups in total. The first kappa shape index (κ1) is 7.59. The van der Waals surface area contributed by atoms with Crippen LogP contribution in [0.15, 0.2) is 16.1 Å². The Labute approximate surface area is 71.3 Å². The zero-order valence-corrected chi connectivity index (χ0v) is 6.30. The van der Waals surface area contributed by atoms with Crippen molar-refractivity contribution in [3.05, 3.63) is 32.4 Å². The van der Waals surface area contributed by atoms with Gasteiger partial charge in [-0.3, -0.25) is 14.9 Å². The zero-order chi connectivity index (χ0) is 9.42. The summed E-state index contributed by atoms with van der Waals surface area (Å²) >= 11 is 0. The number of aromatic nitrogens is 2. The van der Waals surface area contributed by atoms with Crippen LogP contribution >= 0.6 is 0 Å². The summed E-state index contributed by atoms with van der Waals surface area (Å²) in [5.74, 6) is 0.130. The quantitative estimate of drug-likeness (QED) is 0.477. The van der Waals surface area contributed by atoms with E-state index in [1.807, 2.05) is 0 Å². The minimum Gasteiger partial charge on any atom is -0.313 e. The molecule has 0 spiro atoms. The predicted octanol–water partition coefficient (Wildman–Crippen LogP) is -0.196. The van der Waals surface area contributed by atoms with Gasteiger partial charge >= 0.3 is 0 Å². The van der Waals surface area contributed by atoms with Gasteiger partial charge < -0.3 is 4.98 Å². The molecule has 2 rings (SSSR count). The average Bonchev–Trinajstić information content (AvgIpc) is 2.49. The number of aromatic amines is 1. The van der Waals surface area contributed by atoms with E-state index in [-0.39, 0.29) is 11.4 Å². The van der Waals surface area contributed by atoms with Gasteiger partial charge in [0.2, 0.25) is 0 Å². The number of aliphatic imine (C=N–C) groups is 1. The van der Waals surface area contributed by atoms with Gasteiger partial charge in [-0.25, -0.2) is 9.98 Å². The van der Waals surface area contributed by atoms with Gasteiger partial charge in [0, 0.05) is 4.92 Å². The molecule has 66 valence electrons. The van der Waals surface area contributed by atoms with Crippen LogP contribution in [0.1, 0.15) is 11.6 Å². The van der Waals surface area contributed by atoms with Gasteiger partial charge in [0.1, 0.15) is 5.56 Å². The zero-order valence-electron chi connectivity index (χ0n) is 6.30. The third-order valence-corrected chi connectivity index (χ3v) is 1.73. The highest BCUT2D eigenvalue weighted by Gasteiger charge is 2.32. The fourth-order valence-electron chi connectivity index (χ4n) is 1.15. The summed E-state index contributed by atoms with van der Waals surface area (Å²) in [5, 5.41) is 10.5. The Bertz CT molecular complexity index is 449. The first-order chi connectivity index (χ1) is 6.20. The highest BCUT2D eigenvalue weighted by molar-refractivity contribution is 5.76. The number of H-pyrrole nitrogens is 1. The standard InChI is InChI=1S/C6H4N4O3/c11-6-4-3(10(12)13)1-7-5(4)8-2-9-6/h1-3H,(H,8,9,11). The molecule has 0 aliphatic carbocycles. The fourth-order valence-corrected chi connectivity index (χ4v) is 1.15. The molecule has 1 unspecified atom stereocenters. The normalized spacial score (nSPS) is 18.6. The Balaban J connectivity index is 2.64. The molecule has 2 heterocycles. The summed E-state index contributed by atoms with van der Waals surface area (Å²) in [4.78, 5) is 30.6. The molecule has 0 radical (unpaired) electrons. The van der Waals surface area contributed by atoms with Gasteiger partial charge in [-0.05, 0) is 0 Å². The first-order valence-corrected chi connectivity index (χ1v) is 3.45. The molecule has 1 aromatic rings. The third-order valence-electron chi connectivity index (χ3n) is 1.73. The highest BCUT2D eigenvalue weighted by Crippen LogP contribution is 2.25. The molecule has 1 aromatic heterocycles. The molecule has 1 aliphatic heterocycles. The Morgan fingerprint density at radius 2 is 2.38 bits per heavy atom. The number of hydrogen-bond acceptors (Lipinski definition) is 5. The van der Waals surface area contributed by atoms with Crippen molar-refractivity contribution < 1.29 is 4.92 Å². The maximum absolute atomic E-state index is 11.1. The Kier molecular flexibility index (Phi) is 1.44. The molecular weight excluding hydrogens is 176 g/mol. The van der Waals surface area contributed by atoms with Crippen LogP contribution in [0.5, 0.6) is 0 Å². The van der Waals surface area contributed by atoms with Gasteiger partial charge in [-0.1, -0.05) is 0 Å². The van der Waals surface area contributed by atoms with Crippen molar-refractivity contribution in [1.29, 1.82) is 0 Å². The van der Waals surface area contributed by atoms with E-state index in [9.17, 15) is 14.9 Å². The minimum atomic E-state index is -1.16. The van der Waals surface area contributed by atoms with E-state index >= 15 is 0 Å². The molecule has 1 atom stereocenters. The lowest BCUT2D eigenvalue weighted by molar-refractivity contribution is -0.506. The van der Waals surface area contributed by atoms with E-state index in [1.165, 1.54) is 6.33 Å². The second-order valence-corrected chi connectivity index (χ2v) is 2.48. The lowest BCUT2D eigenvalue weighted by Gasteiger charge is -1.97. The summed E-state index contributed by atoms with van der Waals surface area (Å²) in [5.41, 5.74) is -0.503. The molecular formula is C6H4N4O3. The molecule has 0 saturated carbocycles. The van der Waals surface area contributed by atoms with Crippen molar-refractivity contribution in [2.45, 2.75) is 6.04 Å². The van der Waals surface area contributed by atoms with E-state index in [0.717, 1.165) is 6.21 Å². The van der Waals surface area contributed by atoms with Crippen molar-refractivity contribution >= 4 is 12.0 Å². The number of nitro groups is 1. The van der Waals surface area contributed by atoms with Crippen LogP contribution in [0, 0.1) is 10.1 Å². The molecule has 7 heteroatoms. The van der Waals surface area contributed by atoms with E-state index < -0.39 is 16.5 Å². The second kappa shape index (κ2) is 2.47. The van der Waals surface area contributed by atoms with Crippen LogP contribution in [0.2, 0.25) is 0 Å². The average molecular weight is 180 g/mol. The van der Waals surface area contributed by atoms with Crippen LogP contribution in [0.25, 0.3) is 0 Å². The topological polar surface area (TPSA) is 101 Å². The number of nitrogens with one attached hydrogen (secondary N) is 1. The molecule has 13 heavy (non-hydrogen) atoms. The van der Waals surface area contributed by atoms with Crippen LogP contribution in [0.4, 0.5) is 5.82 Å². The van der Waals surface area contributed by atoms with Crippen LogP contribution < -0.4 is 5.56 Å². The highest BCUT2D eigenvalue weighted by atomic mass is 16.6. The predicted molar refractivity (Wildman–Crippen MR) is 42.7 cm³/mol. The SMILES string of the molecule is O=c1[nH]cnc2c1C([N+](=O)[O-])C=N2. The van der Waals surface area contributed by atoms with Crippen LogP contribution in [-0.4, -0.2) is 21.1 Å². The molecule has 0 bridgehead atoms. The van der Waals surface area contributed by atoms with E-state index in [0.29, 0.717) is 0 Å². The Morgan fingerprint density at radius 1 is 1.62 bits per heavy atom. The number of fused-ring (bicyclic) bond motifs is 1. The lowest BCUT2D eigenvalue weighted by Crippen LogP contribution is -2.19. The van der Waals surface area contributed by atoms with Crippen molar-refractivity contribution in [2.24, 2.45) is 4.99 Å². The Hall–Kier alpha value is -2.05. The van der Waals surface area contributed by atoms with Crippen LogP contribution in [0.3, 0.4) is 0 Å². The van der Waals surface area contributed by atoms with E-state index in [2.05, 4.69) is 15.0 Å². The van der Waals surface area contributed by atoms with Gasteiger partial charge in [0.15, 0.2) is 5.82 Å². The van der Waals surface area contributed by atoms with Crippen molar-refractivity contribution in [3.8, 4) is 0 Å². The van der Waals surface area contributed by atoms with Gasteiger partial charge in [0.25, 0.3) is 11.6 Å². The summed E-state index contributed by atoms with van der Waals surface area (Å²) in [6.07, 6.45) is 2.27. The van der Waals surface area contributed by atoms with Gasteiger partial charge in [-0.2, -0.15) is 0 Å². The van der Waals surface area contributed by atoms with Crippen molar-refractivity contribution in [2.75, 3.05) is 0 Å². The van der Waals surface area contributed by atoms with Crippen molar-refractivity contribution in [1.82, 2.24) is 9.97 Å². The minimum absolute atomic E-state index is 0.00694. The van der Waals surface area contributed by atoms with E-state index in [1.54, 1.807) is 0 Å². The van der Waals surface area contributed by atoms with Crippen LogP contribution in [-0.2, 0) is 0 Å². The largest absolute Gasteiger partial charge is 0.313 e. The molecule has 7 nitrogen and oxygen atoms in total. The summed E-state index contributed by atoms with van der Waals surface area (Å²) in [7, 11) is 0. The molecule has 0 amide bonds. The smallest absolute Gasteiger partial charge is 0.282 e. The number of hydrogen-bond donors (Lipinski definition) is 1. The third kappa shape index (κ3) is 1.01. The maximum atomic E-state index is 11.1. The maximum Gasteiger partial charge on any atom is 0.282 e. The molecule has 0 aromatic carbocycles. The monoisotopic (exact) mass is 180 g/mol. The second-order valence-electron chi connectivity index (χ2n) is 2.48. The number of rotatable bonds is 1. The van der Waals surface area contributed by atoms with Crippen molar-refractivity contribution in [3.63, 3.8) is 0 Å². The number of nitrogens with zero attached hydrogens (tertiary/aromatic N) is 3.